The highest BCUT2D eigenvalue weighted by Gasteiger charge is 2.07. The first-order chi connectivity index (χ1) is 13.4. The number of methoxy groups -OCH3 is 1. The second-order valence-electron chi connectivity index (χ2n) is 7.08. The largest absolute Gasteiger partial charge is 0.496 e. The van der Waals surface area contributed by atoms with Gasteiger partial charge in [-0.2, -0.15) is 0 Å². The number of halogens is 1. The van der Waals surface area contributed by atoms with Crippen molar-refractivity contribution >= 4 is 5.96 Å². The molecular weight excluding hydrogens is 355 g/mol. The number of aliphatic imine (C=N–C) groups is 1. The van der Waals surface area contributed by atoms with Crippen LogP contribution >= 0.6 is 0 Å². The van der Waals surface area contributed by atoms with Crippen molar-refractivity contribution in [3.8, 4) is 5.75 Å². The molecule has 2 N–H and O–H groups in total. The van der Waals surface area contributed by atoms with E-state index in [0.717, 1.165) is 29.8 Å². The molecule has 0 bridgehead atoms. The van der Waals surface area contributed by atoms with Gasteiger partial charge in [0.05, 0.1) is 7.11 Å². The molecule has 0 unspecified atom stereocenters. The van der Waals surface area contributed by atoms with E-state index in [1.807, 2.05) is 37.2 Å². The van der Waals surface area contributed by atoms with Crippen LogP contribution in [0, 0.1) is 12.7 Å². The van der Waals surface area contributed by atoms with Crippen molar-refractivity contribution in [3.05, 3.63) is 64.5 Å². The van der Waals surface area contributed by atoms with Crippen LogP contribution in [0.4, 0.5) is 4.39 Å². The second kappa shape index (κ2) is 10.7. The van der Waals surface area contributed by atoms with Gasteiger partial charge in [0.15, 0.2) is 5.96 Å². The molecule has 0 saturated carbocycles. The molecule has 6 heteroatoms. The summed E-state index contributed by atoms with van der Waals surface area (Å²) in [5.74, 6) is 1.44. The van der Waals surface area contributed by atoms with E-state index in [0.29, 0.717) is 24.6 Å². The summed E-state index contributed by atoms with van der Waals surface area (Å²) in [4.78, 5) is 6.22. The maximum atomic E-state index is 13.9. The lowest BCUT2D eigenvalue weighted by Crippen LogP contribution is -2.37. The first-order valence-corrected chi connectivity index (χ1v) is 9.43. The van der Waals surface area contributed by atoms with E-state index in [9.17, 15) is 4.39 Å². The van der Waals surface area contributed by atoms with E-state index in [-0.39, 0.29) is 5.82 Å². The Morgan fingerprint density at radius 3 is 2.57 bits per heavy atom. The molecule has 0 aliphatic rings. The van der Waals surface area contributed by atoms with Gasteiger partial charge in [0.1, 0.15) is 11.6 Å². The molecule has 2 aromatic carbocycles. The van der Waals surface area contributed by atoms with Gasteiger partial charge in [-0.1, -0.05) is 23.8 Å². The van der Waals surface area contributed by atoms with Crippen molar-refractivity contribution in [2.24, 2.45) is 4.99 Å². The Hall–Kier alpha value is -2.60. The summed E-state index contributed by atoms with van der Waals surface area (Å²) in [6.07, 6.45) is 0.828. The number of ether oxygens (including phenoxy) is 1. The van der Waals surface area contributed by atoms with Gasteiger partial charge in [-0.25, -0.2) is 4.39 Å². The van der Waals surface area contributed by atoms with Gasteiger partial charge in [0.2, 0.25) is 0 Å². The second-order valence-corrected chi connectivity index (χ2v) is 7.08. The Morgan fingerprint density at radius 2 is 1.89 bits per heavy atom. The van der Waals surface area contributed by atoms with Crippen molar-refractivity contribution < 1.29 is 9.13 Å². The van der Waals surface area contributed by atoms with E-state index >= 15 is 0 Å². The van der Waals surface area contributed by atoms with Crippen LogP contribution in [0.5, 0.6) is 5.75 Å². The molecule has 0 aromatic heterocycles. The minimum absolute atomic E-state index is 0.174. The van der Waals surface area contributed by atoms with E-state index < -0.39 is 0 Å². The highest BCUT2D eigenvalue weighted by atomic mass is 19.1. The molecule has 0 saturated heterocycles. The summed E-state index contributed by atoms with van der Waals surface area (Å²) in [6, 6.07) is 11.4. The van der Waals surface area contributed by atoms with Gasteiger partial charge < -0.3 is 20.3 Å². The molecule has 2 aromatic rings. The van der Waals surface area contributed by atoms with Crippen LogP contribution in [0.25, 0.3) is 0 Å². The molecule has 0 heterocycles. The van der Waals surface area contributed by atoms with Gasteiger partial charge in [-0.05, 0) is 56.8 Å². The number of nitrogens with one attached hydrogen (secondary N) is 2. The zero-order valence-electron chi connectivity index (χ0n) is 17.5. The van der Waals surface area contributed by atoms with Crippen molar-refractivity contribution in [2.75, 3.05) is 34.8 Å². The minimum Gasteiger partial charge on any atom is -0.496 e. The first-order valence-electron chi connectivity index (χ1n) is 9.43. The van der Waals surface area contributed by atoms with Crippen molar-refractivity contribution in [1.82, 2.24) is 15.5 Å². The third kappa shape index (κ3) is 6.53. The van der Waals surface area contributed by atoms with Gasteiger partial charge >= 0.3 is 0 Å². The average Bonchev–Trinajstić information content (AvgIpc) is 2.66. The van der Waals surface area contributed by atoms with Gasteiger partial charge in [0.25, 0.3) is 0 Å². The molecule has 0 amide bonds. The molecule has 0 spiro atoms. The van der Waals surface area contributed by atoms with Crippen molar-refractivity contribution in [3.63, 3.8) is 0 Å². The number of benzene rings is 2. The highest BCUT2D eigenvalue weighted by Crippen LogP contribution is 2.19. The molecule has 2 rings (SSSR count). The fourth-order valence-corrected chi connectivity index (χ4v) is 3.02. The van der Waals surface area contributed by atoms with Gasteiger partial charge in [-0.3, -0.25) is 4.99 Å². The topological polar surface area (TPSA) is 48.9 Å². The lowest BCUT2D eigenvalue weighted by molar-refractivity contribution is 0.392. The summed E-state index contributed by atoms with van der Waals surface area (Å²) in [6.45, 7) is 3.96. The molecular formula is C22H31FN4O. The summed E-state index contributed by atoms with van der Waals surface area (Å²) in [5.41, 5.74) is 4.08. The van der Waals surface area contributed by atoms with Crippen LogP contribution < -0.4 is 15.4 Å². The summed E-state index contributed by atoms with van der Waals surface area (Å²) < 4.78 is 19.3. The zero-order valence-corrected chi connectivity index (χ0v) is 17.5. The van der Waals surface area contributed by atoms with Crippen LogP contribution in [0.15, 0.2) is 41.4 Å². The number of guanidine groups is 1. The SMILES string of the molecule is CN=C(NCCc1cc(C)ccc1OC)NCc1ccc(F)c(CN(C)C)c1. The third-order valence-corrected chi connectivity index (χ3v) is 4.40. The monoisotopic (exact) mass is 386 g/mol. The molecule has 0 aliphatic heterocycles. The van der Waals surface area contributed by atoms with Crippen molar-refractivity contribution in [2.45, 2.75) is 26.4 Å². The Bertz CT molecular complexity index is 805. The highest BCUT2D eigenvalue weighted by molar-refractivity contribution is 5.79. The number of hydrogen-bond donors (Lipinski definition) is 2. The third-order valence-electron chi connectivity index (χ3n) is 4.40. The zero-order chi connectivity index (χ0) is 20.5. The van der Waals surface area contributed by atoms with Crippen LogP contribution in [0.3, 0.4) is 0 Å². The molecule has 0 radical (unpaired) electrons. The van der Waals surface area contributed by atoms with Crippen LogP contribution in [-0.2, 0) is 19.5 Å². The maximum Gasteiger partial charge on any atom is 0.191 e. The normalized spacial score (nSPS) is 11.6. The Morgan fingerprint density at radius 1 is 1.11 bits per heavy atom. The molecule has 0 aliphatic carbocycles. The predicted octanol–water partition coefficient (Wildman–Crippen LogP) is 3.11. The molecule has 0 atom stereocenters. The fourth-order valence-electron chi connectivity index (χ4n) is 3.02. The average molecular weight is 387 g/mol. The smallest absolute Gasteiger partial charge is 0.191 e. The van der Waals surface area contributed by atoms with E-state index in [2.05, 4.69) is 28.6 Å². The van der Waals surface area contributed by atoms with Crippen molar-refractivity contribution in [1.29, 1.82) is 0 Å². The van der Waals surface area contributed by atoms with Crippen LogP contribution in [-0.4, -0.2) is 45.7 Å². The molecule has 152 valence electrons. The minimum atomic E-state index is -0.174. The molecule has 28 heavy (non-hydrogen) atoms. The quantitative estimate of drug-likeness (QED) is 0.541. The lowest BCUT2D eigenvalue weighted by atomic mass is 10.1. The molecule has 0 fully saturated rings. The summed E-state index contributed by atoms with van der Waals surface area (Å²) in [5, 5.41) is 6.60. The standard InChI is InChI=1S/C22H31FN4O/c1-16-6-9-21(28-5)18(12-16)10-11-25-22(24-2)26-14-17-7-8-20(23)19(13-17)15-27(3)4/h6-9,12-13H,10-11,14-15H2,1-5H3,(H2,24,25,26). The fraction of sp³-hybridized carbons (Fsp3) is 0.409. The Kier molecular flexibility index (Phi) is 8.26. The molecule has 5 nitrogen and oxygen atoms in total. The van der Waals surface area contributed by atoms with Crippen LogP contribution in [0.2, 0.25) is 0 Å². The lowest BCUT2D eigenvalue weighted by Gasteiger charge is -2.15. The number of aryl methyl sites for hydroxylation is 1. The van der Waals surface area contributed by atoms with E-state index in [1.54, 1.807) is 20.2 Å². The Balaban J connectivity index is 1.89. The van der Waals surface area contributed by atoms with Gasteiger partial charge in [-0.15, -0.1) is 0 Å². The number of rotatable bonds is 8. The van der Waals surface area contributed by atoms with E-state index in [4.69, 9.17) is 4.74 Å². The van der Waals surface area contributed by atoms with Crippen LogP contribution in [0.1, 0.15) is 22.3 Å². The predicted molar refractivity (Wildman–Crippen MR) is 113 cm³/mol. The number of hydrogen-bond acceptors (Lipinski definition) is 3. The van der Waals surface area contributed by atoms with E-state index in [1.165, 1.54) is 11.6 Å². The summed E-state index contributed by atoms with van der Waals surface area (Å²) in [7, 11) is 7.29. The van der Waals surface area contributed by atoms with Gasteiger partial charge in [0, 0.05) is 32.2 Å². The maximum absolute atomic E-state index is 13.9. The number of nitrogens with zero attached hydrogens (tertiary/aromatic N) is 2. The summed E-state index contributed by atoms with van der Waals surface area (Å²) >= 11 is 0. The first kappa shape index (κ1) is 21.7. The Labute approximate surface area is 167 Å².